The van der Waals surface area contributed by atoms with Crippen LogP contribution in [0.3, 0.4) is 0 Å². The molecule has 0 spiro atoms. The first-order valence-corrected chi connectivity index (χ1v) is 7.49. The number of anilines is 1. The van der Waals surface area contributed by atoms with Gasteiger partial charge in [0.15, 0.2) is 0 Å². The molecule has 0 aromatic heterocycles. The van der Waals surface area contributed by atoms with E-state index in [4.69, 9.17) is 4.74 Å². The lowest BCUT2D eigenvalue weighted by atomic mass is 10.3. The number of esters is 1. The maximum atomic E-state index is 13.4. The summed E-state index contributed by atoms with van der Waals surface area (Å²) < 4.78 is 18.5. The highest BCUT2D eigenvalue weighted by atomic mass is 32.2. The average molecular weight is 319 g/mol. The fourth-order valence-electron chi connectivity index (χ4n) is 1.67. The van der Waals surface area contributed by atoms with Crippen molar-refractivity contribution in [1.29, 1.82) is 0 Å². The number of ether oxygens (including phenoxy) is 1. The molecule has 2 rings (SSSR count). The highest BCUT2D eigenvalue weighted by Crippen LogP contribution is 2.22. The summed E-state index contributed by atoms with van der Waals surface area (Å²) in [5.41, 5.74) is 0.619. The van der Waals surface area contributed by atoms with Crippen LogP contribution < -0.4 is 10.1 Å². The minimum Gasteiger partial charge on any atom is -0.426 e. The number of carbonyl (C=O) groups excluding carboxylic acids is 2. The third-order valence-electron chi connectivity index (χ3n) is 2.59. The molecule has 0 aliphatic heterocycles. The lowest BCUT2D eigenvalue weighted by molar-refractivity contribution is -0.131. The number of carbonyl (C=O) groups is 2. The number of amides is 1. The summed E-state index contributed by atoms with van der Waals surface area (Å²) in [7, 11) is 0. The van der Waals surface area contributed by atoms with Gasteiger partial charge in [0.25, 0.3) is 0 Å². The van der Waals surface area contributed by atoms with Gasteiger partial charge in [-0.1, -0.05) is 12.1 Å². The highest BCUT2D eigenvalue weighted by Gasteiger charge is 2.08. The standard InChI is InChI=1S/C16H14FNO3S/c1-11(19)18-12-6-8-13(9-7-12)21-16(20)10-22-15-5-3-2-4-14(15)17/h2-9H,10H2,1H3,(H,18,19). The Bertz CT molecular complexity index is 673. The molecule has 0 heterocycles. The van der Waals surface area contributed by atoms with Gasteiger partial charge in [0.2, 0.25) is 5.91 Å². The molecule has 0 atom stereocenters. The summed E-state index contributed by atoms with van der Waals surface area (Å²) >= 11 is 1.08. The Labute approximate surface area is 131 Å². The Hall–Kier alpha value is -2.34. The van der Waals surface area contributed by atoms with E-state index in [9.17, 15) is 14.0 Å². The Morgan fingerprint density at radius 2 is 1.82 bits per heavy atom. The van der Waals surface area contributed by atoms with E-state index in [1.165, 1.54) is 13.0 Å². The zero-order chi connectivity index (χ0) is 15.9. The van der Waals surface area contributed by atoms with Crippen LogP contribution in [0.15, 0.2) is 53.4 Å². The van der Waals surface area contributed by atoms with Crippen molar-refractivity contribution in [1.82, 2.24) is 0 Å². The zero-order valence-electron chi connectivity index (χ0n) is 11.8. The van der Waals surface area contributed by atoms with Crippen LogP contribution in [0.2, 0.25) is 0 Å². The Kier molecular flexibility index (Phi) is 5.55. The largest absolute Gasteiger partial charge is 0.426 e. The van der Waals surface area contributed by atoms with Crippen molar-refractivity contribution in [2.45, 2.75) is 11.8 Å². The molecule has 0 saturated carbocycles. The van der Waals surface area contributed by atoms with Crippen molar-refractivity contribution < 1.29 is 18.7 Å². The monoisotopic (exact) mass is 319 g/mol. The first kappa shape index (κ1) is 16.0. The van der Waals surface area contributed by atoms with Gasteiger partial charge in [-0.3, -0.25) is 9.59 Å². The number of thioether (sulfide) groups is 1. The van der Waals surface area contributed by atoms with E-state index in [0.29, 0.717) is 16.3 Å². The van der Waals surface area contributed by atoms with Crippen LogP contribution in [-0.4, -0.2) is 17.6 Å². The van der Waals surface area contributed by atoms with E-state index in [-0.39, 0.29) is 17.5 Å². The first-order valence-electron chi connectivity index (χ1n) is 6.50. The fourth-order valence-corrected chi connectivity index (χ4v) is 2.38. The van der Waals surface area contributed by atoms with Crippen molar-refractivity contribution in [2.75, 3.05) is 11.1 Å². The van der Waals surface area contributed by atoms with E-state index >= 15 is 0 Å². The second-order valence-corrected chi connectivity index (χ2v) is 5.42. The Balaban J connectivity index is 1.87. The predicted octanol–water partition coefficient (Wildman–Crippen LogP) is 3.48. The van der Waals surface area contributed by atoms with Gasteiger partial charge >= 0.3 is 5.97 Å². The van der Waals surface area contributed by atoms with Gasteiger partial charge in [0.1, 0.15) is 11.6 Å². The second kappa shape index (κ2) is 7.61. The maximum absolute atomic E-state index is 13.4. The number of halogens is 1. The molecule has 1 amide bonds. The van der Waals surface area contributed by atoms with Gasteiger partial charge in [-0.25, -0.2) is 4.39 Å². The number of hydrogen-bond acceptors (Lipinski definition) is 4. The molecule has 4 nitrogen and oxygen atoms in total. The number of hydrogen-bond donors (Lipinski definition) is 1. The van der Waals surface area contributed by atoms with Crippen molar-refractivity contribution in [3.63, 3.8) is 0 Å². The van der Waals surface area contributed by atoms with E-state index in [1.807, 2.05) is 0 Å². The van der Waals surface area contributed by atoms with Crippen LogP contribution >= 0.6 is 11.8 Å². The summed E-state index contributed by atoms with van der Waals surface area (Å²) in [4.78, 5) is 23.0. The quantitative estimate of drug-likeness (QED) is 0.521. The number of rotatable bonds is 5. The van der Waals surface area contributed by atoms with Gasteiger partial charge in [-0.2, -0.15) is 0 Å². The fraction of sp³-hybridized carbons (Fsp3) is 0.125. The second-order valence-electron chi connectivity index (χ2n) is 4.40. The Morgan fingerprint density at radius 1 is 1.14 bits per heavy atom. The smallest absolute Gasteiger partial charge is 0.321 e. The molecular weight excluding hydrogens is 305 g/mol. The lowest BCUT2D eigenvalue weighted by Gasteiger charge is -2.06. The topological polar surface area (TPSA) is 55.4 Å². The van der Waals surface area contributed by atoms with E-state index < -0.39 is 5.97 Å². The van der Waals surface area contributed by atoms with Crippen molar-refractivity contribution in [3.8, 4) is 5.75 Å². The molecule has 0 radical (unpaired) electrons. The summed E-state index contributed by atoms with van der Waals surface area (Å²) in [6, 6.07) is 12.7. The normalized spacial score (nSPS) is 10.1. The molecule has 0 aliphatic rings. The molecule has 0 aliphatic carbocycles. The van der Waals surface area contributed by atoms with Crippen LogP contribution in [0.1, 0.15) is 6.92 Å². The number of benzene rings is 2. The summed E-state index contributed by atoms with van der Waals surface area (Å²) in [5.74, 6) is -0.631. The van der Waals surface area contributed by atoms with Gasteiger partial charge in [0, 0.05) is 17.5 Å². The summed E-state index contributed by atoms with van der Waals surface area (Å²) in [6.45, 7) is 1.41. The Morgan fingerprint density at radius 3 is 2.45 bits per heavy atom. The van der Waals surface area contributed by atoms with Gasteiger partial charge < -0.3 is 10.1 Å². The third kappa shape index (κ3) is 4.89. The van der Waals surface area contributed by atoms with Crippen LogP contribution in [0.5, 0.6) is 5.75 Å². The van der Waals surface area contributed by atoms with E-state index in [1.54, 1.807) is 42.5 Å². The summed E-state index contributed by atoms with van der Waals surface area (Å²) in [5, 5.41) is 2.61. The van der Waals surface area contributed by atoms with Crippen LogP contribution in [0.4, 0.5) is 10.1 Å². The lowest BCUT2D eigenvalue weighted by Crippen LogP contribution is -2.11. The minimum atomic E-state index is -0.472. The molecule has 0 fully saturated rings. The molecule has 114 valence electrons. The van der Waals surface area contributed by atoms with Gasteiger partial charge in [0.05, 0.1) is 5.75 Å². The molecule has 2 aromatic carbocycles. The molecule has 0 unspecified atom stereocenters. The molecular formula is C16H14FNO3S. The highest BCUT2D eigenvalue weighted by molar-refractivity contribution is 8.00. The predicted molar refractivity (Wildman–Crippen MR) is 83.5 cm³/mol. The van der Waals surface area contributed by atoms with E-state index in [0.717, 1.165) is 11.8 Å². The zero-order valence-corrected chi connectivity index (χ0v) is 12.7. The minimum absolute atomic E-state index is 0.00831. The molecule has 2 aromatic rings. The maximum Gasteiger partial charge on any atom is 0.321 e. The first-order chi connectivity index (χ1) is 10.5. The summed E-state index contributed by atoms with van der Waals surface area (Å²) in [6.07, 6.45) is 0. The van der Waals surface area contributed by atoms with Crippen molar-refractivity contribution in [2.24, 2.45) is 0 Å². The number of nitrogens with one attached hydrogen (secondary N) is 1. The molecule has 6 heteroatoms. The van der Waals surface area contributed by atoms with Gasteiger partial charge in [-0.15, -0.1) is 11.8 Å². The van der Waals surface area contributed by atoms with Crippen molar-refractivity contribution >= 4 is 29.3 Å². The molecule has 0 bridgehead atoms. The van der Waals surface area contributed by atoms with Gasteiger partial charge in [-0.05, 0) is 36.4 Å². The SMILES string of the molecule is CC(=O)Nc1ccc(OC(=O)CSc2ccccc2F)cc1. The van der Waals surface area contributed by atoms with E-state index in [2.05, 4.69) is 5.32 Å². The third-order valence-corrected chi connectivity index (χ3v) is 3.61. The molecule has 0 saturated heterocycles. The molecule has 1 N–H and O–H groups in total. The average Bonchev–Trinajstić information content (AvgIpc) is 2.48. The molecule has 22 heavy (non-hydrogen) atoms. The van der Waals surface area contributed by atoms with Crippen LogP contribution in [0, 0.1) is 5.82 Å². The van der Waals surface area contributed by atoms with Crippen LogP contribution in [-0.2, 0) is 9.59 Å². The van der Waals surface area contributed by atoms with Crippen LogP contribution in [0.25, 0.3) is 0 Å². The van der Waals surface area contributed by atoms with Crippen molar-refractivity contribution in [3.05, 3.63) is 54.3 Å².